The van der Waals surface area contributed by atoms with Gasteiger partial charge >= 0.3 is 0 Å². The highest BCUT2D eigenvalue weighted by molar-refractivity contribution is 6.31. The largest absolute Gasteiger partial charge is 0.367 e. The van der Waals surface area contributed by atoms with Crippen molar-refractivity contribution >= 4 is 28.9 Å². The Kier molecular flexibility index (Phi) is 3.24. The van der Waals surface area contributed by atoms with Crippen LogP contribution in [0.1, 0.15) is 20.3 Å². The summed E-state index contributed by atoms with van der Waals surface area (Å²) in [5.74, 6) is -0.618. The Morgan fingerprint density at radius 1 is 1.47 bits per heavy atom. The zero-order valence-electron chi connectivity index (χ0n) is 9.76. The summed E-state index contributed by atoms with van der Waals surface area (Å²) in [5.41, 5.74) is 1.26. The molecule has 1 aromatic rings. The molecule has 17 heavy (non-hydrogen) atoms. The second-order valence-electron chi connectivity index (χ2n) is 4.37. The average Bonchev–Trinajstić information content (AvgIpc) is 2.38. The van der Waals surface area contributed by atoms with Gasteiger partial charge in [-0.15, -0.1) is 0 Å². The first kappa shape index (κ1) is 12.2. The van der Waals surface area contributed by atoms with Crippen molar-refractivity contribution in [3.8, 4) is 0 Å². The fourth-order valence-electron chi connectivity index (χ4n) is 1.97. The Hall–Kier alpha value is -1.29. The molecule has 5 heteroatoms. The van der Waals surface area contributed by atoms with Crippen molar-refractivity contribution in [2.24, 2.45) is 0 Å². The second-order valence-corrected chi connectivity index (χ2v) is 4.78. The maximum Gasteiger partial charge on any atom is 0.226 e. The maximum atomic E-state index is 13.4. The summed E-state index contributed by atoms with van der Waals surface area (Å²) in [6.07, 6.45) is 0.395. The van der Waals surface area contributed by atoms with Gasteiger partial charge in [-0.25, -0.2) is 4.39 Å². The Morgan fingerprint density at radius 2 is 2.18 bits per heavy atom. The van der Waals surface area contributed by atoms with Crippen LogP contribution in [0.5, 0.6) is 0 Å². The third-order valence-corrected chi connectivity index (χ3v) is 3.11. The highest BCUT2D eigenvalue weighted by atomic mass is 35.5. The van der Waals surface area contributed by atoms with Gasteiger partial charge in [0.2, 0.25) is 5.91 Å². The summed E-state index contributed by atoms with van der Waals surface area (Å²) in [7, 11) is 0. The maximum absolute atomic E-state index is 13.4. The van der Waals surface area contributed by atoms with E-state index in [1.807, 2.05) is 18.7 Å². The van der Waals surface area contributed by atoms with Gasteiger partial charge in [0, 0.05) is 25.1 Å². The smallest absolute Gasteiger partial charge is 0.226 e. The number of benzene rings is 1. The molecule has 0 saturated heterocycles. The lowest BCUT2D eigenvalue weighted by Gasteiger charge is -2.28. The molecular weight excluding hydrogens is 243 g/mol. The SMILES string of the molecule is CC(C)N1CCC(=O)Nc2cc(F)c(Cl)cc21. The Bertz CT molecular complexity index is 462. The molecule has 3 nitrogen and oxygen atoms in total. The third-order valence-electron chi connectivity index (χ3n) is 2.83. The number of anilines is 2. The zero-order valence-corrected chi connectivity index (χ0v) is 10.5. The first-order valence-electron chi connectivity index (χ1n) is 5.54. The highest BCUT2D eigenvalue weighted by Gasteiger charge is 2.22. The van der Waals surface area contributed by atoms with Crippen LogP contribution < -0.4 is 10.2 Å². The number of amides is 1. The predicted molar refractivity (Wildman–Crippen MR) is 67.1 cm³/mol. The molecule has 1 aliphatic rings. The third kappa shape index (κ3) is 2.36. The zero-order chi connectivity index (χ0) is 12.6. The topological polar surface area (TPSA) is 32.3 Å². The number of hydrogen-bond acceptors (Lipinski definition) is 2. The van der Waals surface area contributed by atoms with Gasteiger partial charge in [0.25, 0.3) is 0 Å². The van der Waals surface area contributed by atoms with Crippen LogP contribution in [0.15, 0.2) is 12.1 Å². The van der Waals surface area contributed by atoms with E-state index in [0.717, 1.165) is 5.69 Å². The lowest BCUT2D eigenvalue weighted by molar-refractivity contribution is -0.115. The van der Waals surface area contributed by atoms with Crippen LogP contribution in [0.4, 0.5) is 15.8 Å². The molecule has 0 unspecified atom stereocenters. The number of nitrogens with one attached hydrogen (secondary N) is 1. The van der Waals surface area contributed by atoms with Crippen LogP contribution in [0, 0.1) is 5.82 Å². The number of rotatable bonds is 1. The fraction of sp³-hybridized carbons (Fsp3) is 0.417. The minimum atomic E-state index is -0.517. The van der Waals surface area contributed by atoms with E-state index in [-0.39, 0.29) is 17.0 Å². The van der Waals surface area contributed by atoms with Gasteiger partial charge in [-0.2, -0.15) is 0 Å². The minimum absolute atomic E-state index is 0.0746. The molecule has 0 atom stereocenters. The molecule has 0 aromatic heterocycles. The summed E-state index contributed by atoms with van der Waals surface area (Å²) in [5, 5.41) is 2.77. The van der Waals surface area contributed by atoms with Crippen LogP contribution in [-0.2, 0) is 4.79 Å². The molecule has 0 fully saturated rings. The Morgan fingerprint density at radius 3 is 2.82 bits per heavy atom. The summed E-state index contributed by atoms with van der Waals surface area (Å²) >= 11 is 5.79. The highest BCUT2D eigenvalue weighted by Crippen LogP contribution is 2.34. The summed E-state index contributed by atoms with van der Waals surface area (Å²) in [4.78, 5) is 13.6. The second kappa shape index (κ2) is 4.53. The molecule has 1 amide bonds. The number of halogens is 2. The fourth-order valence-corrected chi connectivity index (χ4v) is 2.12. The van der Waals surface area contributed by atoms with E-state index in [4.69, 9.17) is 11.6 Å². The van der Waals surface area contributed by atoms with Gasteiger partial charge in [0.05, 0.1) is 16.4 Å². The van der Waals surface area contributed by atoms with Gasteiger partial charge in [-0.1, -0.05) is 11.6 Å². The molecule has 92 valence electrons. The van der Waals surface area contributed by atoms with Crippen molar-refractivity contribution in [3.63, 3.8) is 0 Å². The van der Waals surface area contributed by atoms with Gasteiger partial charge < -0.3 is 10.2 Å². The van der Waals surface area contributed by atoms with Gasteiger partial charge in [0.1, 0.15) is 5.82 Å². The molecule has 1 aromatic carbocycles. The van der Waals surface area contributed by atoms with Crippen LogP contribution in [0.3, 0.4) is 0 Å². The molecule has 2 rings (SSSR count). The standard InChI is InChI=1S/C12H14ClFN2O/c1-7(2)16-4-3-12(17)15-10-6-9(14)8(13)5-11(10)16/h5-7H,3-4H2,1-2H3,(H,15,17). The van der Waals surface area contributed by atoms with E-state index in [1.165, 1.54) is 6.07 Å². The molecular formula is C12H14ClFN2O. The van der Waals surface area contributed by atoms with Gasteiger partial charge in [-0.3, -0.25) is 4.79 Å². The summed E-state index contributed by atoms with van der Waals surface area (Å²) in [6.45, 7) is 4.66. The molecule has 0 saturated carbocycles. The first-order chi connectivity index (χ1) is 7.99. The lowest BCUT2D eigenvalue weighted by atomic mass is 10.2. The van der Waals surface area contributed by atoms with Crippen molar-refractivity contribution in [2.75, 3.05) is 16.8 Å². The first-order valence-corrected chi connectivity index (χ1v) is 5.92. The number of hydrogen-bond donors (Lipinski definition) is 1. The lowest BCUT2D eigenvalue weighted by Crippen LogP contribution is -2.31. The van der Waals surface area contributed by atoms with E-state index < -0.39 is 5.82 Å². The summed E-state index contributed by atoms with van der Waals surface area (Å²) < 4.78 is 13.4. The normalized spacial score (nSPS) is 15.6. The van der Waals surface area contributed by atoms with Crippen molar-refractivity contribution in [2.45, 2.75) is 26.3 Å². The molecule has 0 bridgehead atoms. The number of carbonyl (C=O) groups excluding carboxylic acids is 1. The van der Waals surface area contributed by atoms with Gasteiger partial charge in [0.15, 0.2) is 0 Å². The van der Waals surface area contributed by atoms with Crippen LogP contribution in [-0.4, -0.2) is 18.5 Å². The van der Waals surface area contributed by atoms with E-state index >= 15 is 0 Å². The molecule has 1 aliphatic heterocycles. The van der Waals surface area contributed by atoms with Crippen molar-refractivity contribution < 1.29 is 9.18 Å². The van der Waals surface area contributed by atoms with E-state index in [0.29, 0.717) is 18.7 Å². The van der Waals surface area contributed by atoms with E-state index in [9.17, 15) is 9.18 Å². The monoisotopic (exact) mass is 256 g/mol. The quantitative estimate of drug-likeness (QED) is 0.838. The summed E-state index contributed by atoms with van der Waals surface area (Å²) in [6, 6.07) is 3.07. The predicted octanol–water partition coefficient (Wildman–Crippen LogP) is 3.04. The van der Waals surface area contributed by atoms with Crippen LogP contribution >= 0.6 is 11.6 Å². The number of carbonyl (C=O) groups is 1. The van der Waals surface area contributed by atoms with Crippen LogP contribution in [0.2, 0.25) is 5.02 Å². The molecule has 0 aliphatic carbocycles. The molecule has 1 N–H and O–H groups in total. The minimum Gasteiger partial charge on any atom is -0.367 e. The van der Waals surface area contributed by atoms with Gasteiger partial charge in [-0.05, 0) is 19.9 Å². The Balaban J connectivity index is 2.53. The van der Waals surface area contributed by atoms with Crippen LogP contribution in [0.25, 0.3) is 0 Å². The average molecular weight is 257 g/mol. The van der Waals surface area contributed by atoms with Crippen molar-refractivity contribution in [1.29, 1.82) is 0 Å². The molecule has 0 radical (unpaired) electrons. The number of fused-ring (bicyclic) bond motifs is 1. The van der Waals surface area contributed by atoms with Crippen molar-refractivity contribution in [3.05, 3.63) is 23.0 Å². The van der Waals surface area contributed by atoms with Crippen molar-refractivity contribution in [1.82, 2.24) is 0 Å². The van der Waals surface area contributed by atoms with E-state index in [2.05, 4.69) is 5.32 Å². The van der Waals surface area contributed by atoms with E-state index in [1.54, 1.807) is 6.07 Å². The number of nitrogens with zero attached hydrogens (tertiary/aromatic N) is 1. The molecule has 1 heterocycles. The molecule has 0 spiro atoms. The Labute approximate surface area is 105 Å².